The fourth-order valence-corrected chi connectivity index (χ4v) is 2.01. The highest BCUT2D eigenvalue weighted by Crippen LogP contribution is 2.21. The third-order valence-corrected chi connectivity index (χ3v) is 3.24. The van der Waals surface area contributed by atoms with E-state index in [2.05, 4.69) is 14.9 Å². The molecule has 0 amide bonds. The molecular weight excluding hydrogens is 296 g/mol. The highest BCUT2D eigenvalue weighted by molar-refractivity contribution is 5.89. The number of nitrogens with zero attached hydrogens (tertiary/aromatic N) is 2. The van der Waals surface area contributed by atoms with E-state index in [1.165, 1.54) is 13.5 Å². The van der Waals surface area contributed by atoms with E-state index in [4.69, 9.17) is 9.15 Å². The van der Waals surface area contributed by atoms with E-state index in [1.54, 1.807) is 12.1 Å². The standard InChI is InChI=1S/C17H14N2O4/c1-21-17(20)14-4-2-12(3-5-14)10-22-15-8-6-13(7-9-15)16-19-18-11-23-16/h2-9,11H,10H2,1H3. The summed E-state index contributed by atoms with van der Waals surface area (Å²) in [5.74, 6) is 0.842. The third-order valence-electron chi connectivity index (χ3n) is 3.24. The Morgan fingerprint density at radius 2 is 1.83 bits per heavy atom. The molecule has 6 nitrogen and oxygen atoms in total. The smallest absolute Gasteiger partial charge is 0.337 e. The molecule has 23 heavy (non-hydrogen) atoms. The molecule has 0 fully saturated rings. The Morgan fingerprint density at radius 1 is 1.09 bits per heavy atom. The van der Waals surface area contributed by atoms with Gasteiger partial charge in [0.05, 0.1) is 12.7 Å². The van der Waals surface area contributed by atoms with Gasteiger partial charge in [0.15, 0.2) is 0 Å². The summed E-state index contributed by atoms with van der Waals surface area (Å²) in [7, 11) is 1.36. The molecule has 0 N–H and O–H groups in total. The lowest BCUT2D eigenvalue weighted by molar-refractivity contribution is 0.0600. The van der Waals surface area contributed by atoms with Gasteiger partial charge in [0, 0.05) is 5.56 Å². The number of aromatic nitrogens is 2. The van der Waals surface area contributed by atoms with Crippen molar-refractivity contribution in [2.75, 3.05) is 7.11 Å². The monoisotopic (exact) mass is 310 g/mol. The molecule has 0 radical (unpaired) electrons. The average molecular weight is 310 g/mol. The summed E-state index contributed by atoms with van der Waals surface area (Å²) in [6.07, 6.45) is 1.29. The number of benzene rings is 2. The van der Waals surface area contributed by atoms with Crippen LogP contribution < -0.4 is 4.74 Å². The zero-order valence-electron chi connectivity index (χ0n) is 12.4. The van der Waals surface area contributed by atoms with Crippen LogP contribution in [0.25, 0.3) is 11.5 Å². The van der Waals surface area contributed by atoms with Gasteiger partial charge in [-0.25, -0.2) is 4.79 Å². The van der Waals surface area contributed by atoms with Crippen LogP contribution >= 0.6 is 0 Å². The van der Waals surface area contributed by atoms with E-state index in [0.717, 1.165) is 16.9 Å². The van der Waals surface area contributed by atoms with Gasteiger partial charge < -0.3 is 13.9 Å². The van der Waals surface area contributed by atoms with E-state index in [0.29, 0.717) is 18.1 Å². The molecule has 0 atom stereocenters. The summed E-state index contributed by atoms with van der Waals surface area (Å²) in [6.45, 7) is 0.404. The van der Waals surface area contributed by atoms with Gasteiger partial charge in [-0.15, -0.1) is 10.2 Å². The second-order valence-electron chi connectivity index (χ2n) is 4.75. The minimum absolute atomic E-state index is 0.353. The number of rotatable bonds is 5. The number of carbonyl (C=O) groups is 1. The molecule has 0 aliphatic rings. The van der Waals surface area contributed by atoms with Crippen molar-refractivity contribution in [2.24, 2.45) is 0 Å². The number of hydrogen-bond donors (Lipinski definition) is 0. The van der Waals surface area contributed by atoms with Crippen molar-refractivity contribution in [3.8, 4) is 17.2 Å². The molecule has 3 aromatic rings. The predicted octanol–water partition coefficient (Wildman–Crippen LogP) is 3.10. The molecule has 0 aliphatic carbocycles. The lowest BCUT2D eigenvalue weighted by Gasteiger charge is -2.07. The van der Waals surface area contributed by atoms with Crippen LogP contribution in [0.4, 0.5) is 0 Å². The second kappa shape index (κ2) is 6.74. The quantitative estimate of drug-likeness (QED) is 0.674. The van der Waals surface area contributed by atoms with Crippen molar-refractivity contribution in [2.45, 2.75) is 6.61 Å². The molecule has 0 spiro atoms. The van der Waals surface area contributed by atoms with E-state index in [-0.39, 0.29) is 5.97 Å². The minimum Gasteiger partial charge on any atom is -0.489 e. The maximum Gasteiger partial charge on any atom is 0.337 e. The molecule has 1 heterocycles. The second-order valence-corrected chi connectivity index (χ2v) is 4.75. The highest BCUT2D eigenvalue weighted by atomic mass is 16.5. The van der Waals surface area contributed by atoms with Gasteiger partial charge in [-0.3, -0.25) is 0 Å². The van der Waals surface area contributed by atoms with E-state index in [1.807, 2.05) is 36.4 Å². The fourth-order valence-electron chi connectivity index (χ4n) is 2.01. The zero-order chi connectivity index (χ0) is 16.1. The van der Waals surface area contributed by atoms with Crippen LogP contribution in [-0.2, 0) is 11.3 Å². The number of hydrogen-bond acceptors (Lipinski definition) is 6. The maximum atomic E-state index is 11.4. The van der Waals surface area contributed by atoms with Crippen molar-refractivity contribution in [3.63, 3.8) is 0 Å². The topological polar surface area (TPSA) is 74.5 Å². The lowest BCUT2D eigenvalue weighted by Crippen LogP contribution is -2.01. The van der Waals surface area contributed by atoms with Gasteiger partial charge >= 0.3 is 5.97 Å². The Bertz CT molecular complexity index is 765. The average Bonchev–Trinajstić information content (AvgIpc) is 3.15. The highest BCUT2D eigenvalue weighted by Gasteiger charge is 2.05. The van der Waals surface area contributed by atoms with Crippen molar-refractivity contribution in [3.05, 3.63) is 66.1 Å². The normalized spacial score (nSPS) is 10.3. The molecule has 1 aromatic heterocycles. The van der Waals surface area contributed by atoms with Crippen LogP contribution in [0.15, 0.2) is 59.3 Å². The van der Waals surface area contributed by atoms with Crippen LogP contribution in [0.1, 0.15) is 15.9 Å². The van der Waals surface area contributed by atoms with Crippen LogP contribution in [0.5, 0.6) is 5.75 Å². The van der Waals surface area contributed by atoms with E-state index >= 15 is 0 Å². The van der Waals surface area contributed by atoms with Crippen LogP contribution in [0.2, 0.25) is 0 Å². The SMILES string of the molecule is COC(=O)c1ccc(COc2ccc(-c3nnco3)cc2)cc1. The molecule has 0 bridgehead atoms. The van der Waals surface area contributed by atoms with Gasteiger partial charge in [0.2, 0.25) is 12.3 Å². The summed E-state index contributed by atoms with van der Waals surface area (Å²) < 4.78 is 15.5. The Balaban J connectivity index is 1.61. The molecule has 3 rings (SSSR count). The number of ether oxygens (including phenoxy) is 2. The minimum atomic E-state index is -0.353. The molecule has 0 saturated carbocycles. The Labute approximate surface area is 132 Å². The molecule has 6 heteroatoms. The van der Waals surface area contributed by atoms with Gasteiger partial charge in [-0.1, -0.05) is 12.1 Å². The molecule has 0 saturated heterocycles. The Hall–Kier alpha value is -3.15. The van der Waals surface area contributed by atoms with Gasteiger partial charge in [0.25, 0.3) is 0 Å². The summed E-state index contributed by atoms with van der Waals surface area (Å²) in [6, 6.07) is 14.5. The maximum absolute atomic E-state index is 11.4. The van der Waals surface area contributed by atoms with Crippen LogP contribution in [0, 0.1) is 0 Å². The first-order valence-electron chi connectivity index (χ1n) is 6.93. The number of methoxy groups -OCH3 is 1. The molecule has 0 aliphatic heterocycles. The number of carbonyl (C=O) groups excluding carboxylic acids is 1. The van der Waals surface area contributed by atoms with Crippen molar-refractivity contribution >= 4 is 5.97 Å². The number of esters is 1. The first-order valence-corrected chi connectivity index (χ1v) is 6.93. The van der Waals surface area contributed by atoms with E-state index in [9.17, 15) is 4.79 Å². The van der Waals surface area contributed by atoms with E-state index < -0.39 is 0 Å². The van der Waals surface area contributed by atoms with Gasteiger partial charge in [-0.2, -0.15) is 0 Å². The molecule has 0 unspecified atom stereocenters. The fraction of sp³-hybridized carbons (Fsp3) is 0.118. The van der Waals surface area contributed by atoms with Crippen molar-refractivity contribution in [1.29, 1.82) is 0 Å². The Kier molecular flexibility index (Phi) is 4.33. The summed E-state index contributed by atoms with van der Waals surface area (Å²) in [4.78, 5) is 11.4. The Morgan fingerprint density at radius 3 is 2.43 bits per heavy atom. The first-order chi connectivity index (χ1) is 11.3. The van der Waals surface area contributed by atoms with Crippen molar-refractivity contribution in [1.82, 2.24) is 10.2 Å². The summed E-state index contributed by atoms with van der Waals surface area (Å²) in [5.41, 5.74) is 2.30. The lowest BCUT2D eigenvalue weighted by atomic mass is 10.1. The molecular formula is C17H14N2O4. The van der Waals surface area contributed by atoms with Crippen LogP contribution in [-0.4, -0.2) is 23.3 Å². The summed E-state index contributed by atoms with van der Waals surface area (Å²) >= 11 is 0. The zero-order valence-corrected chi connectivity index (χ0v) is 12.4. The molecule has 116 valence electrons. The molecule has 2 aromatic carbocycles. The van der Waals surface area contributed by atoms with Crippen LogP contribution in [0.3, 0.4) is 0 Å². The predicted molar refractivity (Wildman–Crippen MR) is 81.8 cm³/mol. The third kappa shape index (κ3) is 3.55. The summed E-state index contributed by atoms with van der Waals surface area (Å²) in [5, 5.41) is 7.49. The largest absolute Gasteiger partial charge is 0.489 e. The first kappa shape index (κ1) is 14.8. The van der Waals surface area contributed by atoms with Gasteiger partial charge in [-0.05, 0) is 42.0 Å². The van der Waals surface area contributed by atoms with Gasteiger partial charge in [0.1, 0.15) is 12.4 Å². The van der Waals surface area contributed by atoms with Crippen molar-refractivity contribution < 1.29 is 18.7 Å².